The predicted octanol–water partition coefficient (Wildman–Crippen LogP) is 1.74. The summed E-state index contributed by atoms with van der Waals surface area (Å²) in [5.74, 6) is 0.951. The first-order chi connectivity index (χ1) is 7.68. The van der Waals surface area contributed by atoms with Crippen molar-refractivity contribution in [2.75, 3.05) is 0 Å². The van der Waals surface area contributed by atoms with E-state index in [1.807, 2.05) is 6.92 Å². The Hall–Kier alpha value is -0.570. The minimum absolute atomic E-state index is 0.0238. The lowest BCUT2D eigenvalue weighted by molar-refractivity contribution is -0.144. The monoisotopic (exact) mass is 224 g/mol. The number of cyclic esters (lactones) is 1. The van der Waals surface area contributed by atoms with Crippen LogP contribution in [0.1, 0.15) is 39.0 Å². The molecule has 0 unspecified atom stereocenters. The van der Waals surface area contributed by atoms with Gasteiger partial charge in [0, 0.05) is 5.92 Å². The van der Waals surface area contributed by atoms with Crippen molar-refractivity contribution < 1.29 is 14.6 Å². The first kappa shape index (κ1) is 10.6. The summed E-state index contributed by atoms with van der Waals surface area (Å²) in [6, 6.07) is 0. The van der Waals surface area contributed by atoms with Gasteiger partial charge in [-0.3, -0.25) is 4.79 Å². The number of carbonyl (C=O) groups is 1. The number of carbonyl (C=O) groups excluding carboxylic acids is 1. The third-order valence-corrected chi connectivity index (χ3v) is 4.97. The molecule has 3 fully saturated rings. The van der Waals surface area contributed by atoms with E-state index in [2.05, 4.69) is 0 Å². The molecule has 3 aliphatic rings. The van der Waals surface area contributed by atoms with Crippen LogP contribution >= 0.6 is 0 Å². The number of rotatable bonds is 0. The van der Waals surface area contributed by atoms with E-state index in [9.17, 15) is 9.90 Å². The van der Waals surface area contributed by atoms with E-state index in [1.54, 1.807) is 0 Å². The van der Waals surface area contributed by atoms with E-state index in [-0.39, 0.29) is 30.0 Å². The first-order valence-corrected chi connectivity index (χ1v) is 6.57. The summed E-state index contributed by atoms with van der Waals surface area (Å²) >= 11 is 0. The molecule has 6 atom stereocenters. The molecule has 1 heterocycles. The van der Waals surface area contributed by atoms with Crippen molar-refractivity contribution in [2.24, 2.45) is 23.7 Å². The maximum Gasteiger partial charge on any atom is 0.309 e. The number of hydrogen-bond donors (Lipinski definition) is 1. The summed E-state index contributed by atoms with van der Waals surface area (Å²) in [5.41, 5.74) is 0. The van der Waals surface area contributed by atoms with E-state index in [0.717, 1.165) is 12.8 Å². The molecule has 1 aliphatic heterocycles. The number of hydrogen-bond acceptors (Lipinski definition) is 3. The number of ether oxygens (including phenoxy) is 1. The van der Waals surface area contributed by atoms with Crippen LogP contribution in [0.25, 0.3) is 0 Å². The lowest BCUT2D eigenvalue weighted by Gasteiger charge is -2.44. The minimum atomic E-state index is -0.314. The molecular formula is C13H20O3. The smallest absolute Gasteiger partial charge is 0.309 e. The van der Waals surface area contributed by atoms with E-state index in [4.69, 9.17) is 4.74 Å². The SMILES string of the molecule is C[C@@H]1OC(=O)[C@H]2C[C@H]3CCCC[C@@H]3[C@@H](O)[C@@H]12. The summed E-state index contributed by atoms with van der Waals surface area (Å²) < 4.78 is 5.29. The second-order valence-corrected chi connectivity index (χ2v) is 5.76. The minimum Gasteiger partial charge on any atom is -0.462 e. The van der Waals surface area contributed by atoms with Gasteiger partial charge in [-0.25, -0.2) is 0 Å². The Morgan fingerprint density at radius 3 is 2.88 bits per heavy atom. The number of fused-ring (bicyclic) bond motifs is 2. The van der Waals surface area contributed by atoms with Gasteiger partial charge < -0.3 is 9.84 Å². The second kappa shape index (κ2) is 3.73. The van der Waals surface area contributed by atoms with E-state index in [1.165, 1.54) is 19.3 Å². The van der Waals surface area contributed by atoms with Crippen molar-refractivity contribution in [1.29, 1.82) is 0 Å². The lowest BCUT2D eigenvalue weighted by atomic mass is 9.61. The van der Waals surface area contributed by atoms with Crippen molar-refractivity contribution in [3.05, 3.63) is 0 Å². The molecule has 0 radical (unpaired) electrons. The molecule has 2 saturated carbocycles. The van der Waals surface area contributed by atoms with Gasteiger partial charge in [0.2, 0.25) is 0 Å². The average molecular weight is 224 g/mol. The molecule has 0 aromatic rings. The average Bonchev–Trinajstić information content (AvgIpc) is 2.55. The van der Waals surface area contributed by atoms with Gasteiger partial charge >= 0.3 is 5.97 Å². The largest absolute Gasteiger partial charge is 0.462 e. The fourth-order valence-corrected chi connectivity index (χ4v) is 4.19. The summed E-state index contributed by atoms with van der Waals surface area (Å²) in [7, 11) is 0. The molecule has 3 rings (SSSR count). The van der Waals surface area contributed by atoms with Crippen molar-refractivity contribution in [2.45, 2.75) is 51.2 Å². The molecule has 3 nitrogen and oxygen atoms in total. The number of aliphatic hydroxyl groups excluding tert-OH is 1. The summed E-state index contributed by atoms with van der Waals surface area (Å²) in [5, 5.41) is 10.4. The molecule has 0 bridgehead atoms. The molecule has 1 N–H and O–H groups in total. The fourth-order valence-electron chi connectivity index (χ4n) is 4.19. The first-order valence-electron chi connectivity index (χ1n) is 6.57. The van der Waals surface area contributed by atoms with Crippen LogP contribution in [0.5, 0.6) is 0 Å². The number of esters is 1. The normalized spacial score (nSPS) is 51.8. The fraction of sp³-hybridized carbons (Fsp3) is 0.923. The highest BCUT2D eigenvalue weighted by atomic mass is 16.6. The molecule has 90 valence electrons. The zero-order chi connectivity index (χ0) is 11.3. The van der Waals surface area contributed by atoms with Crippen molar-refractivity contribution in [3.8, 4) is 0 Å². The van der Waals surface area contributed by atoms with Gasteiger partial charge in [0.25, 0.3) is 0 Å². The Bertz CT molecular complexity index is 302. The maximum absolute atomic E-state index is 11.7. The van der Waals surface area contributed by atoms with Crippen LogP contribution < -0.4 is 0 Å². The van der Waals surface area contributed by atoms with Gasteiger partial charge in [-0.2, -0.15) is 0 Å². The third-order valence-electron chi connectivity index (χ3n) is 4.97. The van der Waals surface area contributed by atoms with Crippen molar-refractivity contribution in [3.63, 3.8) is 0 Å². The van der Waals surface area contributed by atoms with Crippen molar-refractivity contribution in [1.82, 2.24) is 0 Å². The molecule has 3 heteroatoms. The lowest BCUT2D eigenvalue weighted by Crippen LogP contribution is -2.47. The molecule has 2 aliphatic carbocycles. The summed E-state index contributed by atoms with van der Waals surface area (Å²) in [4.78, 5) is 11.7. The van der Waals surface area contributed by atoms with Crippen LogP contribution in [0.4, 0.5) is 0 Å². The van der Waals surface area contributed by atoms with Gasteiger partial charge in [0.1, 0.15) is 6.10 Å². The van der Waals surface area contributed by atoms with E-state index < -0.39 is 0 Å². The van der Waals surface area contributed by atoms with Gasteiger partial charge in [-0.1, -0.05) is 19.3 Å². The predicted molar refractivity (Wildman–Crippen MR) is 58.6 cm³/mol. The Morgan fingerprint density at radius 1 is 1.31 bits per heavy atom. The summed E-state index contributed by atoms with van der Waals surface area (Å²) in [6.45, 7) is 1.93. The van der Waals surface area contributed by atoms with Gasteiger partial charge in [0.05, 0.1) is 12.0 Å². The standard InChI is InChI=1S/C13H20O3/c1-7-11-10(13(15)16-7)6-8-4-2-3-5-9(8)12(11)14/h7-12,14H,2-6H2,1H3/t7-,8+,9-,10-,11-,12+/m0/s1. The van der Waals surface area contributed by atoms with Gasteiger partial charge in [-0.05, 0) is 31.6 Å². The molecule has 16 heavy (non-hydrogen) atoms. The third kappa shape index (κ3) is 1.41. The number of aliphatic hydroxyl groups is 1. The zero-order valence-corrected chi connectivity index (χ0v) is 9.76. The molecule has 0 spiro atoms. The Morgan fingerprint density at radius 2 is 2.06 bits per heavy atom. The Labute approximate surface area is 96.2 Å². The molecule has 0 aromatic carbocycles. The molecule has 0 aromatic heterocycles. The topological polar surface area (TPSA) is 46.5 Å². The molecule has 1 saturated heterocycles. The highest BCUT2D eigenvalue weighted by Crippen LogP contribution is 2.49. The quantitative estimate of drug-likeness (QED) is 0.637. The maximum atomic E-state index is 11.7. The van der Waals surface area contributed by atoms with Crippen molar-refractivity contribution >= 4 is 5.97 Å². The highest BCUT2D eigenvalue weighted by molar-refractivity contribution is 5.75. The Balaban J connectivity index is 1.86. The zero-order valence-electron chi connectivity index (χ0n) is 9.76. The van der Waals surface area contributed by atoms with Crippen LogP contribution in [0.2, 0.25) is 0 Å². The van der Waals surface area contributed by atoms with E-state index >= 15 is 0 Å². The second-order valence-electron chi connectivity index (χ2n) is 5.76. The Kier molecular flexibility index (Phi) is 2.46. The van der Waals surface area contributed by atoms with Crippen LogP contribution in [-0.4, -0.2) is 23.3 Å². The summed E-state index contributed by atoms with van der Waals surface area (Å²) in [6.07, 6.45) is 5.37. The van der Waals surface area contributed by atoms with Crippen LogP contribution in [0, 0.1) is 23.7 Å². The van der Waals surface area contributed by atoms with Crippen LogP contribution in [0.3, 0.4) is 0 Å². The van der Waals surface area contributed by atoms with Crippen LogP contribution in [0.15, 0.2) is 0 Å². The van der Waals surface area contributed by atoms with E-state index in [0.29, 0.717) is 11.8 Å². The van der Waals surface area contributed by atoms with Crippen LogP contribution in [-0.2, 0) is 9.53 Å². The molecule has 0 amide bonds. The van der Waals surface area contributed by atoms with Gasteiger partial charge in [-0.15, -0.1) is 0 Å². The highest BCUT2D eigenvalue weighted by Gasteiger charge is 2.54. The van der Waals surface area contributed by atoms with Gasteiger partial charge in [0.15, 0.2) is 0 Å². The molecular weight excluding hydrogens is 204 g/mol.